The molecule has 1 amide bonds. The fourth-order valence-electron chi connectivity index (χ4n) is 0.704. The maximum absolute atomic E-state index is 12.3. The number of alkyl halides is 5. The van der Waals surface area contributed by atoms with Crippen LogP contribution in [0.2, 0.25) is 0 Å². The van der Waals surface area contributed by atoms with Crippen molar-refractivity contribution >= 4 is 15.7 Å². The Morgan fingerprint density at radius 1 is 1.18 bits per heavy atom. The van der Waals surface area contributed by atoms with Crippen LogP contribution in [0.4, 0.5) is 22.0 Å². The molecule has 0 radical (unpaired) electrons. The highest BCUT2D eigenvalue weighted by atomic mass is 32.2. The van der Waals surface area contributed by atoms with Crippen molar-refractivity contribution in [2.24, 2.45) is 0 Å². The molecule has 0 aromatic carbocycles. The number of rotatable bonds is 5. The molecule has 0 heterocycles. The zero-order valence-electron chi connectivity index (χ0n) is 8.64. The quantitative estimate of drug-likeness (QED) is 0.757. The minimum absolute atomic E-state index is 0.293. The van der Waals surface area contributed by atoms with Crippen molar-refractivity contribution in [1.29, 1.82) is 0 Å². The Balaban J connectivity index is 4.40. The van der Waals surface area contributed by atoms with Gasteiger partial charge in [0, 0.05) is 12.3 Å². The van der Waals surface area contributed by atoms with Crippen molar-refractivity contribution in [2.75, 3.05) is 18.1 Å². The zero-order valence-corrected chi connectivity index (χ0v) is 9.46. The summed E-state index contributed by atoms with van der Waals surface area (Å²) in [6.45, 7) is 0.488. The van der Waals surface area contributed by atoms with Gasteiger partial charge in [-0.3, -0.25) is 4.79 Å². The standard InChI is InChI=1S/C7H10F5NO3S/c1-2-17(15,16)4-3-13-5(14)6(8,9)7(10,11)12/h2-4H2,1H3,(H,13,14). The summed E-state index contributed by atoms with van der Waals surface area (Å²) in [5.74, 6) is -9.07. The number of carbonyl (C=O) groups is 1. The molecule has 0 saturated heterocycles. The van der Waals surface area contributed by atoms with Crippen molar-refractivity contribution in [2.45, 2.75) is 19.0 Å². The lowest BCUT2D eigenvalue weighted by Crippen LogP contribution is -2.51. The third kappa shape index (κ3) is 4.44. The summed E-state index contributed by atoms with van der Waals surface area (Å²) < 4.78 is 81.5. The molecule has 10 heteroatoms. The van der Waals surface area contributed by atoms with Crippen LogP contribution in [0, 0.1) is 0 Å². The fraction of sp³-hybridized carbons (Fsp3) is 0.857. The Morgan fingerprint density at radius 3 is 2.00 bits per heavy atom. The van der Waals surface area contributed by atoms with Crippen molar-refractivity contribution < 1.29 is 35.2 Å². The van der Waals surface area contributed by atoms with E-state index in [0.717, 1.165) is 0 Å². The summed E-state index contributed by atoms with van der Waals surface area (Å²) >= 11 is 0. The Morgan fingerprint density at radius 2 is 1.65 bits per heavy atom. The molecule has 0 spiro atoms. The molecule has 0 rings (SSSR count). The van der Waals surface area contributed by atoms with Crippen LogP contribution in [-0.2, 0) is 14.6 Å². The van der Waals surface area contributed by atoms with Gasteiger partial charge in [0.1, 0.15) is 0 Å². The summed E-state index contributed by atoms with van der Waals surface area (Å²) in [5.41, 5.74) is 0. The third-order valence-electron chi connectivity index (χ3n) is 1.78. The molecule has 102 valence electrons. The molecule has 0 fully saturated rings. The second kappa shape index (κ2) is 5.15. The number of nitrogens with one attached hydrogen (secondary N) is 1. The van der Waals surface area contributed by atoms with Gasteiger partial charge in [0.05, 0.1) is 5.75 Å². The van der Waals surface area contributed by atoms with Crippen LogP contribution < -0.4 is 5.32 Å². The van der Waals surface area contributed by atoms with Crippen molar-refractivity contribution in [3.05, 3.63) is 0 Å². The predicted molar refractivity (Wildman–Crippen MR) is 48.3 cm³/mol. The highest BCUT2D eigenvalue weighted by Gasteiger charge is 2.63. The van der Waals surface area contributed by atoms with Crippen LogP contribution in [0.25, 0.3) is 0 Å². The van der Waals surface area contributed by atoms with Crippen LogP contribution >= 0.6 is 0 Å². The lowest BCUT2D eigenvalue weighted by atomic mass is 10.3. The molecule has 0 unspecified atom stereocenters. The molecular formula is C7H10F5NO3S. The number of carbonyl (C=O) groups excluding carboxylic acids is 1. The normalized spacial score (nSPS) is 13.5. The van der Waals surface area contributed by atoms with E-state index in [9.17, 15) is 35.2 Å². The summed E-state index contributed by atoms with van der Waals surface area (Å²) in [4.78, 5) is 10.5. The second-order valence-corrected chi connectivity index (χ2v) is 5.54. The van der Waals surface area contributed by atoms with Gasteiger partial charge in [-0.2, -0.15) is 22.0 Å². The minimum Gasteiger partial charge on any atom is -0.350 e. The highest BCUT2D eigenvalue weighted by molar-refractivity contribution is 7.91. The zero-order chi connectivity index (χ0) is 13.9. The van der Waals surface area contributed by atoms with Gasteiger partial charge in [0.15, 0.2) is 9.84 Å². The number of hydrogen-bond donors (Lipinski definition) is 1. The molecular weight excluding hydrogens is 273 g/mol. The molecule has 0 aliphatic heterocycles. The van der Waals surface area contributed by atoms with E-state index in [2.05, 4.69) is 0 Å². The second-order valence-electron chi connectivity index (χ2n) is 3.06. The highest BCUT2D eigenvalue weighted by Crippen LogP contribution is 2.35. The van der Waals surface area contributed by atoms with Gasteiger partial charge >= 0.3 is 12.1 Å². The first kappa shape index (κ1) is 16.1. The van der Waals surface area contributed by atoms with E-state index >= 15 is 0 Å². The molecule has 0 aliphatic carbocycles. The van der Waals surface area contributed by atoms with Crippen molar-refractivity contribution in [1.82, 2.24) is 5.32 Å². The largest absolute Gasteiger partial charge is 0.463 e. The van der Waals surface area contributed by atoms with Crippen LogP contribution in [0.3, 0.4) is 0 Å². The Bertz CT molecular complexity index is 375. The Labute approximate surface area is 94.1 Å². The van der Waals surface area contributed by atoms with Crippen molar-refractivity contribution in [3.8, 4) is 0 Å². The number of amides is 1. The van der Waals surface area contributed by atoms with E-state index < -0.39 is 40.1 Å². The maximum Gasteiger partial charge on any atom is 0.463 e. The van der Waals surface area contributed by atoms with Gasteiger partial charge < -0.3 is 5.32 Å². The molecule has 0 saturated carbocycles. The van der Waals surface area contributed by atoms with Gasteiger partial charge in [-0.1, -0.05) is 6.92 Å². The van der Waals surface area contributed by atoms with E-state index in [4.69, 9.17) is 0 Å². The van der Waals surface area contributed by atoms with Crippen molar-refractivity contribution in [3.63, 3.8) is 0 Å². The summed E-state index contributed by atoms with van der Waals surface area (Å²) in [7, 11) is -3.54. The molecule has 0 aromatic rings. The topological polar surface area (TPSA) is 63.2 Å². The minimum atomic E-state index is -6.00. The molecule has 4 nitrogen and oxygen atoms in total. The van der Waals surface area contributed by atoms with Crippen LogP contribution in [-0.4, -0.2) is 44.5 Å². The van der Waals surface area contributed by atoms with E-state index in [1.54, 1.807) is 0 Å². The first-order valence-electron chi connectivity index (χ1n) is 4.37. The molecule has 0 atom stereocenters. The maximum atomic E-state index is 12.3. The first-order valence-corrected chi connectivity index (χ1v) is 6.19. The van der Waals surface area contributed by atoms with Gasteiger partial charge in [-0.15, -0.1) is 0 Å². The SMILES string of the molecule is CCS(=O)(=O)CCNC(=O)C(F)(F)C(F)(F)F. The smallest absolute Gasteiger partial charge is 0.350 e. The monoisotopic (exact) mass is 283 g/mol. The lowest BCUT2D eigenvalue weighted by Gasteiger charge is -2.18. The summed E-state index contributed by atoms with van der Waals surface area (Å²) in [6, 6.07) is 0. The summed E-state index contributed by atoms with van der Waals surface area (Å²) in [6.07, 6.45) is -6.00. The van der Waals surface area contributed by atoms with Gasteiger partial charge in [0.2, 0.25) is 0 Å². The first-order chi connectivity index (χ1) is 7.44. The Hall–Kier alpha value is -0.930. The molecule has 1 N–H and O–H groups in total. The van der Waals surface area contributed by atoms with Gasteiger partial charge in [-0.25, -0.2) is 8.42 Å². The third-order valence-corrected chi connectivity index (χ3v) is 3.49. The van der Waals surface area contributed by atoms with Gasteiger partial charge in [0.25, 0.3) is 5.91 Å². The van der Waals surface area contributed by atoms with Crippen LogP contribution in [0.15, 0.2) is 0 Å². The average molecular weight is 283 g/mol. The number of hydrogen-bond acceptors (Lipinski definition) is 3. The molecule has 0 aromatic heterocycles. The molecule has 17 heavy (non-hydrogen) atoms. The summed E-state index contributed by atoms with van der Waals surface area (Å²) in [5, 5.41) is 1.23. The number of sulfone groups is 1. The van der Waals surface area contributed by atoms with E-state index in [1.807, 2.05) is 0 Å². The lowest BCUT2D eigenvalue weighted by molar-refractivity contribution is -0.269. The van der Waals surface area contributed by atoms with Crippen LogP contribution in [0.1, 0.15) is 6.92 Å². The number of halogens is 5. The van der Waals surface area contributed by atoms with Crippen LogP contribution in [0.5, 0.6) is 0 Å². The van der Waals surface area contributed by atoms with E-state index in [1.165, 1.54) is 12.2 Å². The van der Waals surface area contributed by atoms with E-state index in [0.29, 0.717) is 0 Å². The van der Waals surface area contributed by atoms with Gasteiger partial charge in [-0.05, 0) is 0 Å². The average Bonchev–Trinajstić information content (AvgIpc) is 2.15. The molecule has 0 bridgehead atoms. The fourth-order valence-corrected chi connectivity index (χ4v) is 1.41. The molecule has 0 aliphatic rings. The predicted octanol–water partition coefficient (Wildman–Crippen LogP) is 0.735. The van der Waals surface area contributed by atoms with E-state index in [-0.39, 0.29) is 5.75 Å². The Kier molecular flexibility index (Phi) is 4.87.